The number of nitrogens with one attached hydrogen (secondary N) is 1. The number of fused-ring (bicyclic) bond motifs is 1. The zero-order chi connectivity index (χ0) is 15.1. The third-order valence-electron chi connectivity index (χ3n) is 4.32. The van der Waals surface area contributed by atoms with E-state index in [0.29, 0.717) is 6.04 Å². The van der Waals surface area contributed by atoms with Crippen LogP contribution in [0.4, 0.5) is 5.82 Å². The van der Waals surface area contributed by atoms with Gasteiger partial charge >= 0.3 is 0 Å². The van der Waals surface area contributed by atoms with Crippen molar-refractivity contribution >= 4 is 17.4 Å². The van der Waals surface area contributed by atoms with E-state index in [9.17, 15) is 4.79 Å². The van der Waals surface area contributed by atoms with Crippen LogP contribution in [0.15, 0.2) is 37.2 Å². The summed E-state index contributed by atoms with van der Waals surface area (Å²) < 4.78 is 3.87. The summed E-state index contributed by atoms with van der Waals surface area (Å²) in [5, 5.41) is 10.6. The monoisotopic (exact) mass is 296 g/mol. The Bertz CT molecular complexity index is 816. The normalized spacial score (nSPS) is 20.8. The van der Waals surface area contributed by atoms with E-state index < -0.39 is 0 Å². The summed E-state index contributed by atoms with van der Waals surface area (Å²) in [6, 6.07) is 4.28. The summed E-state index contributed by atoms with van der Waals surface area (Å²) >= 11 is 0. The fraction of sp³-hybridized carbons (Fsp3) is 0.333. The number of hydrogen-bond donors (Lipinski definition) is 1. The topological polar surface area (TPSA) is 77.1 Å². The number of imidazole rings is 1. The Morgan fingerprint density at radius 3 is 2.86 bits per heavy atom. The highest BCUT2D eigenvalue weighted by Gasteiger charge is 2.35. The van der Waals surface area contributed by atoms with Crippen LogP contribution in [0.1, 0.15) is 24.4 Å². The highest BCUT2D eigenvalue weighted by molar-refractivity contribution is 5.92. The Balaban J connectivity index is 1.45. The first-order valence-electron chi connectivity index (χ1n) is 7.30. The van der Waals surface area contributed by atoms with E-state index in [2.05, 4.69) is 20.5 Å². The maximum Gasteiger partial charge on any atom is 0.228 e. The average molecular weight is 296 g/mol. The zero-order valence-corrected chi connectivity index (χ0v) is 12.2. The zero-order valence-electron chi connectivity index (χ0n) is 12.2. The fourth-order valence-corrected chi connectivity index (χ4v) is 2.91. The summed E-state index contributed by atoms with van der Waals surface area (Å²) in [6.45, 7) is 2.00. The van der Waals surface area contributed by atoms with Gasteiger partial charge in [0.1, 0.15) is 24.1 Å². The van der Waals surface area contributed by atoms with Crippen molar-refractivity contribution in [2.45, 2.75) is 25.8 Å². The molecule has 0 atom stereocenters. The van der Waals surface area contributed by atoms with Crippen molar-refractivity contribution in [2.24, 2.45) is 5.92 Å². The van der Waals surface area contributed by atoms with Gasteiger partial charge in [0.15, 0.2) is 0 Å². The van der Waals surface area contributed by atoms with Gasteiger partial charge < -0.3 is 9.88 Å². The van der Waals surface area contributed by atoms with Crippen molar-refractivity contribution in [3.05, 3.63) is 42.7 Å². The first-order valence-corrected chi connectivity index (χ1v) is 7.30. The van der Waals surface area contributed by atoms with Crippen molar-refractivity contribution in [1.82, 2.24) is 24.1 Å². The molecular formula is C15H16N6O. The first-order chi connectivity index (χ1) is 10.7. The first kappa shape index (κ1) is 13.0. The maximum atomic E-state index is 12.3. The lowest BCUT2D eigenvalue weighted by molar-refractivity contribution is -0.123. The van der Waals surface area contributed by atoms with Gasteiger partial charge in [0.25, 0.3) is 0 Å². The molecule has 7 nitrogen and oxygen atoms in total. The molecule has 1 saturated carbocycles. The van der Waals surface area contributed by atoms with Crippen molar-refractivity contribution < 1.29 is 4.79 Å². The van der Waals surface area contributed by atoms with E-state index in [0.717, 1.165) is 29.9 Å². The van der Waals surface area contributed by atoms with Crippen LogP contribution >= 0.6 is 0 Å². The number of aryl methyl sites for hydroxylation is 1. The molecule has 7 heteroatoms. The molecule has 4 rings (SSSR count). The molecule has 3 aromatic heterocycles. The van der Waals surface area contributed by atoms with E-state index >= 15 is 0 Å². The van der Waals surface area contributed by atoms with Crippen LogP contribution in [0, 0.1) is 12.8 Å². The van der Waals surface area contributed by atoms with Crippen molar-refractivity contribution in [2.75, 3.05) is 5.32 Å². The quantitative estimate of drug-likeness (QED) is 0.800. The van der Waals surface area contributed by atoms with E-state index in [1.165, 1.54) is 0 Å². The van der Waals surface area contributed by atoms with Gasteiger partial charge in [-0.1, -0.05) is 6.07 Å². The van der Waals surface area contributed by atoms with Gasteiger partial charge in [0, 0.05) is 18.2 Å². The Kier molecular flexibility index (Phi) is 2.92. The number of nitrogens with zero attached hydrogens (tertiary/aromatic N) is 5. The Hall–Kier alpha value is -2.70. The van der Waals surface area contributed by atoms with Crippen LogP contribution in [0.25, 0.3) is 5.65 Å². The highest BCUT2D eigenvalue weighted by Crippen LogP contribution is 2.38. The molecule has 0 aliphatic heterocycles. The molecule has 1 aliphatic rings. The summed E-state index contributed by atoms with van der Waals surface area (Å²) in [5.41, 5.74) is 1.95. The molecule has 0 spiro atoms. The Morgan fingerprint density at radius 2 is 2.09 bits per heavy atom. The predicted octanol–water partition coefficient (Wildman–Crippen LogP) is 1.82. The predicted molar refractivity (Wildman–Crippen MR) is 80.3 cm³/mol. The molecule has 0 unspecified atom stereocenters. The standard InChI is InChI=1S/C15H16N6O/c1-10-3-2-4-21-13(7-16-14(10)21)19-15(22)11-5-12(6-11)20-8-17-18-9-20/h2-4,7-9,11-12H,5-6H2,1H3,(H,19,22). The van der Waals surface area contributed by atoms with Crippen molar-refractivity contribution in [1.29, 1.82) is 0 Å². The SMILES string of the molecule is Cc1cccn2c(NC(=O)C3CC(n4cnnc4)C3)cnc12. The van der Waals surface area contributed by atoms with Gasteiger partial charge in [-0.2, -0.15) is 0 Å². The molecule has 1 amide bonds. The number of aromatic nitrogens is 5. The molecule has 1 aliphatic carbocycles. The number of amides is 1. The minimum atomic E-state index is 0.0303. The molecule has 0 bridgehead atoms. The molecule has 0 saturated heterocycles. The lowest BCUT2D eigenvalue weighted by Gasteiger charge is -2.34. The minimum absolute atomic E-state index is 0.0303. The molecule has 22 heavy (non-hydrogen) atoms. The van der Waals surface area contributed by atoms with E-state index in [1.807, 2.05) is 34.2 Å². The summed E-state index contributed by atoms with van der Waals surface area (Å²) in [5.74, 6) is 0.798. The third kappa shape index (κ3) is 2.05. The van der Waals surface area contributed by atoms with Gasteiger partial charge in [-0.25, -0.2) is 4.98 Å². The van der Waals surface area contributed by atoms with Gasteiger partial charge in [-0.05, 0) is 31.4 Å². The number of hydrogen-bond acceptors (Lipinski definition) is 4. The highest BCUT2D eigenvalue weighted by atomic mass is 16.2. The van der Waals surface area contributed by atoms with E-state index in [-0.39, 0.29) is 11.8 Å². The largest absolute Gasteiger partial charge is 0.317 e. The Labute approximate surface area is 127 Å². The smallest absolute Gasteiger partial charge is 0.228 e. The Morgan fingerprint density at radius 1 is 1.32 bits per heavy atom. The van der Waals surface area contributed by atoms with Crippen LogP contribution in [-0.4, -0.2) is 30.1 Å². The van der Waals surface area contributed by atoms with Crippen molar-refractivity contribution in [3.63, 3.8) is 0 Å². The van der Waals surface area contributed by atoms with Crippen LogP contribution < -0.4 is 5.32 Å². The van der Waals surface area contributed by atoms with E-state index in [1.54, 1.807) is 18.9 Å². The molecule has 0 aromatic carbocycles. The number of carbonyl (C=O) groups is 1. The average Bonchev–Trinajstić information content (AvgIpc) is 3.09. The van der Waals surface area contributed by atoms with Gasteiger partial charge in [-0.15, -0.1) is 10.2 Å². The summed E-state index contributed by atoms with van der Waals surface area (Å²) in [7, 11) is 0. The lowest BCUT2D eigenvalue weighted by Crippen LogP contribution is -2.35. The minimum Gasteiger partial charge on any atom is -0.317 e. The second-order valence-corrected chi connectivity index (χ2v) is 5.75. The summed E-state index contributed by atoms with van der Waals surface area (Å²) in [4.78, 5) is 16.7. The molecule has 0 radical (unpaired) electrons. The van der Waals surface area contributed by atoms with Gasteiger partial charge in [0.05, 0.1) is 6.20 Å². The molecule has 112 valence electrons. The number of carbonyl (C=O) groups excluding carboxylic acids is 1. The van der Waals surface area contributed by atoms with Gasteiger partial charge in [0.2, 0.25) is 5.91 Å². The third-order valence-corrected chi connectivity index (χ3v) is 4.32. The maximum absolute atomic E-state index is 12.3. The second kappa shape index (κ2) is 4.94. The fourth-order valence-electron chi connectivity index (χ4n) is 2.91. The summed E-state index contributed by atoms with van der Waals surface area (Å²) in [6.07, 6.45) is 8.65. The van der Waals surface area contributed by atoms with Crippen LogP contribution in [0.2, 0.25) is 0 Å². The molecule has 1 N–H and O–H groups in total. The molecule has 1 fully saturated rings. The molecule has 3 heterocycles. The number of anilines is 1. The lowest BCUT2D eigenvalue weighted by atomic mass is 9.79. The van der Waals surface area contributed by atoms with Crippen LogP contribution in [0.5, 0.6) is 0 Å². The van der Waals surface area contributed by atoms with Crippen molar-refractivity contribution in [3.8, 4) is 0 Å². The molecular weight excluding hydrogens is 280 g/mol. The van der Waals surface area contributed by atoms with Gasteiger partial charge in [-0.3, -0.25) is 9.20 Å². The van der Waals surface area contributed by atoms with Crippen LogP contribution in [-0.2, 0) is 4.79 Å². The van der Waals surface area contributed by atoms with E-state index in [4.69, 9.17) is 0 Å². The molecule has 3 aromatic rings. The number of rotatable bonds is 3. The second-order valence-electron chi connectivity index (χ2n) is 5.75. The number of pyridine rings is 1. The van der Waals surface area contributed by atoms with Crippen LogP contribution in [0.3, 0.4) is 0 Å².